The molecule has 0 bridgehead atoms. The Kier molecular flexibility index (Phi) is 5.38. The van der Waals surface area contributed by atoms with Crippen molar-refractivity contribution in [2.24, 2.45) is 0 Å². The summed E-state index contributed by atoms with van der Waals surface area (Å²) < 4.78 is 10.7. The minimum absolute atomic E-state index is 0.0604. The lowest BCUT2D eigenvalue weighted by molar-refractivity contribution is 0.392. The van der Waals surface area contributed by atoms with Crippen LogP contribution < -0.4 is 14.8 Å². The highest BCUT2D eigenvalue weighted by molar-refractivity contribution is 7.07. The summed E-state index contributed by atoms with van der Waals surface area (Å²) in [6, 6.07) is 5.98. The molecule has 0 saturated carbocycles. The van der Waals surface area contributed by atoms with Crippen LogP contribution in [0.25, 0.3) is 0 Å². The van der Waals surface area contributed by atoms with E-state index in [2.05, 4.69) is 22.6 Å². The fourth-order valence-corrected chi connectivity index (χ4v) is 2.62. The fraction of sp³-hybridized carbons (Fsp3) is 0.400. The third-order valence-electron chi connectivity index (χ3n) is 3.05. The number of ether oxygens (including phenoxy) is 2. The molecule has 1 aromatic carbocycles. The van der Waals surface area contributed by atoms with Crippen LogP contribution in [0, 0.1) is 0 Å². The second kappa shape index (κ2) is 7.26. The number of methoxy groups -OCH3 is 2. The largest absolute Gasteiger partial charge is 0.497 e. The highest BCUT2D eigenvalue weighted by Gasteiger charge is 2.17. The zero-order valence-corrected chi connectivity index (χ0v) is 12.9. The molecule has 1 N–H and O–H groups in total. The van der Waals surface area contributed by atoms with Crippen LogP contribution in [0.15, 0.2) is 29.1 Å². The van der Waals surface area contributed by atoms with Crippen molar-refractivity contribution in [3.63, 3.8) is 0 Å². The summed E-state index contributed by atoms with van der Waals surface area (Å²) in [6.45, 7) is 3.08. The van der Waals surface area contributed by atoms with Gasteiger partial charge in [-0.3, -0.25) is 0 Å². The summed E-state index contributed by atoms with van der Waals surface area (Å²) in [7, 11) is 3.33. The maximum Gasteiger partial charge on any atom is 0.122 e. The van der Waals surface area contributed by atoms with Gasteiger partial charge in [-0.2, -0.15) is 0 Å². The first-order valence-corrected chi connectivity index (χ1v) is 7.57. The standard InChI is InChI=1S/C15H20N2O2S/c1-4-5-16-15(14-9-20-10-17-14)11-6-12(18-2)8-13(7-11)19-3/h6-10,15-16H,4-5H2,1-3H3. The van der Waals surface area contributed by atoms with E-state index in [0.29, 0.717) is 0 Å². The molecular formula is C15H20N2O2S. The van der Waals surface area contributed by atoms with Crippen molar-refractivity contribution in [2.75, 3.05) is 20.8 Å². The van der Waals surface area contributed by atoms with Crippen molar-refractivity contribution in [1.82, 2.24) is 10.3 Å². The molecule has 0 spiro atoms. The summed E-state index contributed by atoms with van der Waals surface area (Å²) in [5, 5.41) is 5.59. The summed E-state index contributed by atoms with van der Waals surface area (Å²) >= 11 is 1.60. The number of hydrogen-bond donors (Lipinski definition) is 1. The Labute approximate surface area is 123 Å². The second-order valence-corrected chi connectivity index (χ2v) is 5.17. The maximum absolute atomic E-state index is 5.34. The fourth-order valence-electron chi connectivity index (χ4n) is 2.04. The van der Waals surface area contributed by atoms with Crippen molar-refractivity contribution in [2.45, 2.75) is 19.4 Å². The zero-order chi connectivity index (χ0) is 14.4. The van der Waals surface area contributed by atoms with E-state index in [1.54, 1.807) is 25.6 Å². The lowest BCUT2D eigenvalue weighted by atomic mass is 10.0. The van der Waals surface area contributed by atoms with Gasteiger partial charge in [-0.25, -0.2) is 4.98 Å². The van der Waals surface area contributed by atoms with E-state index in [9.17, 15) is 0 Å². The van der Waals surface area contributed by atoms with Gasteiger partial charge in [0.1, 0.15) is 11.5 Å². The van der Waals surface area contributed by atoms with Crippen LogP contribution >= 0.6 is 11.3 Å². The van der Waals surface area contributed by atoms with Gasteiger partial charge in [-0.1, -0.05) is 6.92 Å². The van der Waals surface area contributed by atoms with E-state index < -0.39 is 0 Å². The number of aromatic nitrogens is 1. The van der Waals surface area contributed by atoms with Gasteiger partial charge in [-0.15, -0.1) is 11.3 Å². The molecule has 0 aliphatic rings. The second-order valence-electron chi connectivity index (χ2n) is 4.45. The molecule has 0 aliphatic carbocycles. The monoisotopic (exact) mass is 292 g/mol. The van der Waals surface area contributed by atoms with E-state index in [-0.39, 0.29) is 6.04 Å². The molecule has 1 aromatic heterocycles. The Balaban J connectivity index is 2.37. The first-order chi connectivity index (χ1) is 9.78. The summed E-state index contributed by atoms with van der Waals surface area (Å²) in [4.78, 5) is 4.43. The molecular weight excluding hydrogens is 272 g/mol. The van der Waals surface area contributed by atoms with E-state index in [1.807, 2.05) is 23.7 Å². The van der Waals surface area contributed by atoms with E-state index >= 15 is 0 Å². The minimum Gasteiger partial charge on any atom is -0.497 e. The van der Waals surface area contributed by atoms with Gasteiger partial charge in [-0.05, 0) is 30.7 Å². The molecule has 0 fully saturated rings. The Hall–Kier alpha value is -1.59. The van der Waals surface area contributed by atoms with Gasteiger partial charge in [0.15, 0.2) is 0 Å². The zero-order valence-electron chi connectivity index (χ0n) is 12.1. The third kappa shape index (κ3) is 3.49. The topological polar surface area (TPSA) is 43.4 Å². The third-order valence-corrected chi connectivity index (χ3v) is 3.66. The molecule has 0 radical (unpaired) electrons. The smallest absolute Gasteiger partial charge is 0.122 e. The molecule has 0 aliphatic heterocycles. The van der Waals surface area contributed by atoms with Crippen LogP contribution in [0.2, 0.25) is 0 Å². The summed E-state index contributed by atoms with van der Waals surface area (Å²) in [5.41, 5.74) is 3.98. The molecule has 4 nitrogen and oxygen atoms in total. The molecule has 1 atom stereocenters. The normalized spacial score (nSPS) is 12.2. The van der Waals surface area contributed by atoms with Crippen LogP contribution in [0.1, 0.15) is 30.6 Å². The molecule has 1 unspecified atom stereocenters. The predicted octanol–water partition coefficient (Wildman–Crippen LogP) is 3.25. The highest BCUT2D eigenvalue weighted by Crippen LogP contribution is 2.29. The lowest BCUT2D eigenvalue weighted by Gasteiger charge is -2.18. The van der Waals surface area contributed by atoms with Crippen LogP contribution in [0.4, 0.5) is 0 Å². The Morgan fingerprint density at radius 1 is 1.20 bits per heavy atom. The van der Waals surface area contributed by atoms with Gasteiger partial charge in [0.25, 0.3) is 0 Å². The van der Waals surface area contributed by atoms with Crippen molar-refractivity contribution < 1.29 is 9.47 Å². The number of nitrogens with zero attached hydrogens (tertiary/aromatic N) is 1. The van der Waals surface area contributed by atoms with Gasteiger partial charge < -0.3 is 14.8 Å². The van der Waals surface area contributed by atoms with E-state index in [1.165, 1.54) is 0 Å². The van der Waals surface area contributed by atoms with Crippen molar-refractivity contribution >= 4 is 11.3 Å². The summed E-state index contributed by atoms with van der Waals surface area (Å²) in [5.74, 6) is 1.58. The van der Waals surface area contributed by atoms with Crippen LogP contribution in [-0.4, -0.2) is 25.7 Å². The number of hydrogen-bond acceptors (Lipinski definition) is 5. The molecule has 0 amide bonds. The van der Waals surface area contributed by atoms with Crippen molar-refractivity contribution in [3.05, 3.63) is 40.3 Å². The van der Waals surface area contributed by atoms with Gasteiger partial charge >= 0.3 is 0 Å². The first-order valence-electron chi connectivity index (χ1n) is 6.63. The average Bonchev–Trinajstić information content (AvgIpc) is 3.01. The van der Waals surface area contributed by atoms with Crippen LogP contribution in [0.3, 0.4) is 0 Å². The number of thiazole rings is 1. The van der Waals surface area contributed by atoms with Gasteiger partial charge in [0, 0.05) is 11.4 Å². The predicted molar refractivity (Wildman–Crippen MR) is 81.8 cm³/mol. The van der Waals surface area contributed by atoms with Crippen LogP contribution in [0.5, 0.6) is 11.5 Å². The highest BCUT2D eigenvalue weighted by atomic mass is 32.1. The molecule has 108 valence electrons. The number of benzene rings is 1. The molecule has 2 rings (SSSR count). The number of rotatable bonds is 7. The summed E-state index contributed by atoms with van der Waals surface area (Å²) in [6.07, 6.45) is 1.07. The SMILES string of the molecule is CCCNC(c1cc(OC)cc(OC)c1)c1cscn1. The van der Waals surface area contributed by atoms with E-state index in [0.717, 1.165) is 35.7 Å². The molecule has 20 heavy (non-hydrogen) atoms. The Bertz CT molecular complexity index is 506. The lowest BCUT2D eigenvalue weighted by Crippen LogP contribution is -2.23. The molecule has 0 saturated heterocycles. The minimum atomic E-state index is 0.0604. The molecule has 1 heterocycles. The van der Waals surface area contributed by atoms with E-state index in [4.69, 9.17) is 9.47 Å². The van der Waals surface area contributed by atoms with Gasteiger partial charge in [0.05, 0.1) is 31.5 Å². The van der Waals surface area contributed by atoms with Crippen molar-refractivity contribution in [1.29, 1.82) is 0 Å². The Morgan fingerprint density at radius 2 is 1.90 bits per heavy atom. The Morgan fingerprint density at radius 3 is 2.40 bits per heavy atom. The molecule has 2 aromatic rings. The average molecular weight is 292 g/mol. The number of nitrogens with one attached hydrogen (secondary N) is 1. The quantitative estimate of drug-likeness (QED) is 0.850. The molecule has 5 heteroatoms. The van der Waals surface area contributed by atoms with Crippen LogP contribution in [-0.2, 0) is 0 Å². The van der Waals surface area contributed by atoms with Gasteiger partial charge in [0.2, 0.25) is 0 Å². The van der Waals surface area contributed by atoms with Crippen molar-refractivity contribution in [3.8, 4) is 11.5 Å². The first kappa shape index (κ1) is 14.8. The maximum atomic E-state index is 5.34.